The fourth-order valence-corrected chi connectivity index (χ4v) is 1.59. The Kier molecular flexibility index (Phi) is 1.72. The molecule has 12 heavy (non-hydrogen) atoms. The van der Waals surface area contributed by atoms with Crippen LogP contribution in [-0.4, -0.2) is 4.98 Å². The lowest BCUT2D eigenvalue weighted by Crippen LogP contribution is -2.05. The van der Waals surface area contributed by atoms with Gasteiger partial charge >= 0.3 is 0 Å². The molecular formula is C11H13N. The van der Waals surface area contributed by atoms with Crippen LogP contribution in [0.5, 0.6) is 0 Å². The average molecular weight is 159 g/mol. The lowest BCUT2D eigenvalue weighted by molar-refractivity contribution is 0.712. The average Bonchev–Trinajstić information content (AvgIpc) is 2.05. The molecule has 2 rings (SSSR count). The summed E-state index contributed by atoms with van der Waals surface area (Å²) in [6.45, 7) is 4.27. The molecule has 1 atom stereocenters. The van der Waals surface area contributed by atoms with E-state index < -0.39 is 0 Å². The zero-order valence-corrected chi connectivity index (χ0v) is 7.54. The van der Waals surface area contributed by atoms with Gasteiger partial charge in [0.1, 0.15) is 0 Å². The van der Waals surface area contributed by atoms with E-state index >= 15 is 0 Å². The first-order chi connectivity index (χ1) is 5.75. The number of pyridine rings is 1. The highest BCUT2D eigenvalue weighted by atomic mass is 14.7. The standard InChI is InChI=1S/C11H13N/c1-8-3-6-11-10(7-8)5-4-9(2)12-11/h3-6,8H,7H2,1-2H3. The van der Waals surface area contributed by atoms with Crippen molar-refractivity contribution < 1.29 is 0 Å². The monoisotopic (exact) mass is 159 g/mol. The van der Waals surface area contributed by atoms with E-state index in [9.17, 15) is 0 Å². The number of hydrogen-bond donors (Lipinski definition) is 0. The highest BCUT2D eigenvalue weighted by molar-refractivity contribution is 5.52. The lowest BCUT2D eigenvalue weighted by atomic mass is 9.94. The maximum atomic E-state index is 4.46. The Balaban J connectivity index is 2.47. The van der Waals surface area contributed by atoms with Crippen molar-refractivity contribution in [2.45, 2.75) is 20.3 Å². The van der Waals surface area contributed by atoms with Crippen molar-refractivity contribution in [1.82, 2.24) is 4.98 Å². The molecule has 0 saturated carbocycles. The summed E-state index contributed by atoms with van der Waals surface area (Å²) in [7, 11) is 0. The Morgan fingerprint density at radius 3 is 3.08 bits per heavy atom. The van der Waals surface area contributed by atoms with E-state index in [0.717, 1.165) is 17.8 Å². The van der Waals surface area contributed by atoms with Gasteiger partial charge in [0.05, 0.1) is 5.69 Å². The molecule has 0 amide bonds. The van der Waals surface area contributed by atoms with Crippen molar-refractivity contribution in [2.24, 2.45) is 5.92 Å². The predicted molar refractivity (Wildman–Crippen MR) is 50.9 cm³/mol. The summed E-state index contributed by atoms with van der Waals surface area (Å²) in [6.07, 6.45) is 5.50. The number of fused-ring (bicyclic) bond motifs is 1. The summed E-state index contributed by atoms with van der Waals surface area (Å²) in [6, 6.07) is 4.28. The molecule has 0 spiro atoms. The van der Waals surface area contributed by atoms with E-state index in [1.165, 1.54) is 5.56 Å². The minimum absolute atomic E-state index is 0.669. The van der Waals surface area contributed by atoms with E-state index in [1.54, 1.807) is 0 Å². The molecule has 1 aliphatic carbocycles. The van der Waals surface area contributed by atoms with Gasteiger partial charge in [0.15, 0.2) is 0 Å². The normalized spacial score (nSPS) is 20.7. The van der Waals surface area contributed by atoms with E-state index in [4.69, 9.17) is 0 Å². The third-order valence-corrected chi connectivity index (χ3v) is 2.28. The van der Waals surface area contributed by atoms with Gasteiger partial charge in [-0.1, -0.05) is 19.1 Å². The maximum Gasteiger partial charge on any atom is 0.0661 e. The molecule has 0 N–H and O–H groups in total. The fourth-order valence-electron chi connectivity index (χ4n) is 1.59. The summed E-state index contributed by atoms with van der Waals surface area (Å²) in [4.78, 5) is 4.46. The van der Waals surface area contributed by atoms with Gasteiger partial charge in [-0.15, -0.1) is 0 Å². The molecule has 1 nitrogen and oxygen atoms in total. The highest BCUT2D eigenvalue weighted by Gasteiger charge is 2.09. The van der Waals surface area contributed by atoms with Gasteiger partial charge in [-0.2, -0.15) is 0 Å². The number of rotatable bonds is 0. The van der Waals surface area contributed by atoms with Crippen molar-refractivity contribution >= 4 is 6.08 Å². The molecule has 1 heterocycles. The van der Waals surface area contributed by atoms with Crippen LogP contribution >= 0.6 is 0 Å². The molecule has 0 fully saturated rings. The Labute approximate surface area is 73.1 Å². The first kappa shape index (κ1) is 7.53. The number of allylic oxidation sites excluding steroid dienone is 1. The molecule has 0 bridgehead atoms. The number of aryl methyl sites for hydroxylation is 1. The van der Waals surface area contributed by atoms with Crippen LogP contribution in [0.25, 0.3) is 6.08 Å². The molecule has 1 heteroatoms. The predicted octanol–water partition coefficient (Wildman–Crippen LogP) is 2.60. The number of aromatic nitrogens is 1. The summed E-state index contributed by atoms with van der Waals surface area (Å²) in [5, 5.41) is 0. The SMILES string of the molecule is Cc1ccc2c(n1)C=CC(C)C2. The minimum atomic E-state index is 0.669. The van der Waals surface area contributed by atoms with Crippen LogP contribution in [0.2, 0.25) is 0 Å². The smallest absolute Gasteiger partial charge is 0.0661 e. The van der Waals surface area contributed by atoms with E-state index in [1.807, 2.05) is 6.92 Å². The second-order valence-electron chi connectivity index (χ2n) is 3.54. The molecular weight excluding hydrogens is 146 g/mol. The van der Waals surface area contributed by atoms with Crippen molar-refractivity contribution in [2.75, 3.05) is 0 Å². The molecule has 1 aromatic rings. The minimum Gasteiger partial charge on any atom is -0.253 e. The maximum absolute atomic E-state index is 4.46. The molecule has 0 saturated heterocycles. The largest absolute Gasteiger partial charge is 0.253 e. The number of nitrogens with zero attached hydrogens (tertiary/aromatic N) is 1. The van der Waals surface area contributed by atoms with Crippen LogP contribution in [0, 0.1) is 12.8 Å². The first-order valence-corrected chi connectivity index (χ1v) is 4.40. The van der Waals surface area contributed by atoms with Gasteiger partial charge in [0, 0.05) is 5.69 Å². The molecule has 62 valence electrons. The zero-order valence-electron chi connectivity index (χ0n) is 7.54. The van der Waals surface area contributed by atoms with Crippen molar-refractivity contribution in [1.29, 1.82) is 0 Å². The molecule has 0 aliphatic heterocycles. The van der Waals surface area contributed by atoms with Gasteiger partial charge in [-0.25, -0.2) is 0 Å². The van der Waals surface area contributed by atoms with Gasteiger partial charge in [0.2, 0.25) is 0 Å². The fraction of sp³-hybridized carbons (Fsp3) is 0.364. The Morgan fingerprint density at radius 2 is 2.25 bits per heavy atom. The molecule has 1 unspecified atom stereocenters. The van der Waals surface area contributed by atoms with Crippen molar-refractivity contribution in [3.8, 4) is 0 Å². The summed E-state index contributed by atoms with van der Waals surface area (Å²) in [5.74, 6) is 0.669. The third kappa shape index (κ3) is 1.27. The Hall–Kier alpha value is -1.11. The third-order valence-electron chi connectivity index (χ3n) is 2.28. The van der Waals surface area contributed by atoms with Crippen LogP contribution in [0.1, 0.15) is 23.9 Å². The van der Waals surface area contributed by atoms with Gasteiger partial charge in [0.25, 0.3) is 0 Å². The quantitative estimate of drug-likeness (QED) is 0.567. The van der Waals surface area contributed by atoms with Crippen molar-refractivity contribution in [3.05, 3.63) is 35.2 Å². The summed E-state index contributed by atoms with van der Waals surface area (Å²) < 4.78 is 0. The van der Waals surface area contributed by atoms with Crippen molar-refractivity contribution in [3.63, 3.8) is 0 Å². The Morgan fingerprint density at radius 1 is 1.42 bits per heavy atom. The second-order valence-corrected chi connectivity index (χ2v) is 3.54. The van der Waals surface area contributed by atoms with Crippen LogP contribution < -0.4 is 0 Å². The summed E-state index contributed by atoms with van der Waals surface area (Å²) >= 11 is 0. The zero-order chi connectivity index (χ0) is 8.55. The topological polar surface area (TPSA) is 12.9 Å². The van der Waals surface area contributed by atoms with E-state index in [-0.39, 0.29) is 0 Å². The summed E-state index contributed by atoms with van der Waals surface area (Å²) in [5.41, 5.74) is 3.65. The van der Waals surface area contributed by atoms with Gasteiger partial charge in [-0.3, -0.25) is 4.98 Å². The molecule has 0 radical (unpaired) electrons. The molecule has 0 aromatic carbocycles. The first-order valence-electron chi connectivity index (χ1n) is 4.40. The van der Waals surface area contributed by atoms with E-state index in [2.05, 4.69) is 36.2 Å². The lowest BCUT2D eigenvalue weighted by Gasteiger charge is -2.14. The Bertz CT molecular complexity index is 326. The van der Waals surface area contributed by atoms with Gasteiger partial charge < -0.3 is 0 Å². The van der Waals surface area contributed by atoms with Crippen LogP contribution in [0.3, 0.4) is 0 Å². The second kappa shape index (κ2) is 2.74. The highest BCUT2D eigenvalue weighted by Crippen LogP contribution is 2.20. The molecule has 1 aliphatic rings. The molecule has 1 aromatic heterocycles. The van der Waals surface area contributed by atoms with Crippen LogP contribution in [0.4, 0.5) is 0 Å². The van der Waals surface area contributed by atoms with Crippen LogP contribution in [0.15, 0.2) is 18.2 Å². The van der Waals surface area contributed by atoms with E-state index in [0.29, 0.717) is 5.92 Å². The van der Waals surface area contributed by atoms with Crippen LogP contribution in [-0.2, 0) is 6.42 Å². The number of hydrogen-bond acceptors (Lipinski definition) is 1. The van der Waals surface area contributed by atoms with Gasteiger partial charge in [-0.05, 0) is 37.0 Å².